The van der Waals surface area contributed by atoms with Gasteiger partial charge in [0.2, 0.25) is 5.91 Å². The standard InChI is InChI=1S/C15H16F3N3O2/c16-15(17,18)23-13-3-1-12(2-4-13)20-14(22)10-21-7-5-11(9-19)6-8-21/h1-4,11H,5-8,10H2,(H,20,22). The molecule has 0 unspecified atom stereocenters. The second kappa shape index (κ2) is 7.33. The van der Waals surface area contributed by atoms with E-state index in [2.05, 4.69) is 16.1 Å². The van der Waals surface area contributed by atoms with Crippen LogP contribution in [0.25, 0.3) is 0 Å². The molecule has 0 radical (unpaired) electrons. The Labute approximate surface area is 131 Å². The molecule has 1 aliphatic rings. The molecule has 1 amide bonds. The fourth-order valence-corrected chi connectivity index (χ4v) is 2.36. The van der Waals surface area contributed by atoms with E-state index >= 15 is 0 Å². The molecule has 0 aromatic heterocycles. The number of nitrogens with zero attached hydrogens (tertiary/aromatic N) is 2. The molecule has 1 N–H and O–H groups in total. The molecule has 0 atom stereocenters. The number of anilines is 1. The van der Waals surface area contributed by atoms with Gasteiger partial charge in [-0.05, 0) is 50.2 Å². The van der Waals surface area contributed by atoms with E-state index in [1.165, 1.54) is 12.1 Å². The second-order valence-electron chi connectivity index (χ2n) is 5.30. The number of rotatable bonds is 4. The number of ether oxygens (including phenoxy) is 1. The summed E-state index contributed by atoms with van der Waals surface area (Å²) in [6.07, 6.45) is -3.25. The summed E-state index contributed by atoms with van der Waals surface area (Å²) in [7, 11) is 0. The van der Waals surface area contributed by atoms with Gasteiger partial charge in [-0.15, -0.1) is 13.2 Å². The maximum atomic E-state index is 12.0. The molecule has 124 valence electrons. The number of amides is 1. The highest BCUT2D eigenvalue weighted by Crippen LogP contribution is 2.24. The van der Waals surface area contributed by atoms with Crippen LogP contribution in [0.1, 0.15) is 12.8 Å². The molecule has 5 nitrogen and oxygen atoms in total. The molecule has 0 saturated carbocycles. The smallest absolute Gasteiger partial charge is 0.406 e. The first-order valence-electron chi connectivity index (χ1n) is 7.13. The van der Waals surface area contributed by atoms with E-state index < -0.39 is 6.36 Å². The second-order valence-corrected chi connectivity index (χ2v) is 5.30. The van der Waals surface area contributed by atoms with Gasteiger partial charge in [0, 0.05) is 11.6 Å². The van der Waals surface area contributed by atoms with Crippen LogP contribution in [0.15, 0.2) is 24.3 Å². The Morgan fingerprint density at radius 1 is 1.30 bits per heavy atom. The lowest BCUT2D eigenvalue weighted by molar-refractivity contribution is -0.274. The number of nitriles is 1. The Bertz CT molecular complexity index is 573. The summed E-state index contributed by atoms with van der Waals surface area (Å²) in [5, 5.41) is 11.4. The zero-order valence-corrected chi connectivity index (χ0v) is 12.3. The highest BCUT2D eigenvalue weighted by atomic mass is 19.4. The van der Waals surface area contributed by atoms with Crippen molar-refractivity contribution in [2.45, 2.75) is 19.2 Å². The van der Waals surface area contributed by atoms with Crippen LogP contribution in [-0.2, 0) is 4.79 Å². The van der Waals surface area contributed by atoms with Crippen LogP contribution in [0.5, 0.6) is 5.75 Å². The first-order valence-corrected chi connectivity index (χ1v) is 7.13. The molecular weight excluding hydrogens is 311 g/mol. The summed E-state index contributed by atoms with van der Waals surface area (Å²) in [4.78, 5) is 13.9. The minimum atomic E-state index is -4.74. The molecule has 0 aliphatic carbocycles. The molecule has 1 aromatic rings. The number of benzene rings is 1. The summed E-state index contributed by atoms with van der Waals surface area (Å²) in [6, 6.07) is 7.20. The lowest BCUT2D eigenvalue weighted by atomic mass is 9.99. The Morgan fingerprint density at radius 3 is 2.43 bits per heavy atom. The minimum Gasteiger partial charge on any atom is -0.406 e. The topological polar surface area (TPSA) is 65.4 Å². The molecule has 1 heterocycles. The molecular formula is C15H16F3N3O2. The van der Waals surface area contributed by atoms with Crippen molar-refractivity contribution in [1.29, 1.82) is 5.26 Å². The van der Waals surface area contributed by atoms with Gasteiger partial charge in [0.15, 0.2) is 0 Å². The van der Waals surface area contributed by atoms with E-state index in [9.17, 15) is 18.0 Å². The Kier molecular flexibility index (Phi) is 5.45. The number of nitrogens with one attached hydrogen (secondary N) is 1. The maximum Gasteiger partial charge on any atom is 0.573 e. The Morgan fingerprint density at radius 2 is 1.91 bits per heavy atom. The van der Waals surface area contributed by atoms with Gasteiger partial charge in [-0.3, -0.25) is 9.69 Å². The molecule has 0 spiro atoms. The number of piperidine rings is 1. The zero-order valence-electron chi connectivity index (χ0n) is 12.3. The number of likely N-dealkylation sites (tertiary alicyclic amines) is 1. The van der Waals surface area contributed by atoms with Gasteiger partial charge in [-0.1, -0.05) is 0 Å². The van der Waals surface area contributed by atoms with Crippen molar-refractivity contribution in [2.75, 3.05) is 25.0 Å². The molecule has 1 fully saturated rings. The van der Waals surface area contributed by atoms with Gasteiger partial charge < -0.3 is 10.1 Å². The van der Waals surface area contributed by atoms with E-state index in [0.29, 0.717) is 18.8 Å². The lowest BCUT2D eigenvalue weighted by Crippen LogP contribution is -2.39. The van der Waals surface area contributed by atoms with E-state index in [0.717, 1.165) is 25.0 Å². The van der Waals surface area contributed by atoms with E-state index in [1.54, 1.807) is 0 Å². The van der Waals surface area contributed by atoms with Crippen molar-refractivity contribution in [3.63, 3.8) is 0 Å². The summed E-state index contributed by atoms with van der Waals surface area (Å²) < 4.78 is 39.9. The van der Waals surface area contributed by atoms with Gasteiger partial charge in [0.1, 0.15) is 5.75 Å². The highest BCUT2D eigenvalue weighted by molar-refractivity contribution is 5.92. The van der Waals surface area contributed by atoms with Crippen LogP contribution < -0.4 is 10.1 Å². The number of hydrogen-bond donors (Lipinski definition) is 1. The normalized spacial score (nSPS) is 16.6. The van der Waals surface area contributed by atoms with Gasteiger partial charge in [0.25, 0.3) is 0 Å². The van der Waals surface area contributed by atoms with Crippen LogP contribution in [0.3, 0.4) is 0 Å². The van der Waals surface area contributed by atoms with Crippen LogP contribution in [0.2, 0.25) is 0 Å². The van der Waals surface area contributed by atoms with Crippen molar-refractivity contribution in [3.8, 4) is 11.8 Å². The Balaban J connectivity index is 1.80. The monoisotopic (exact) mass is 327 g/mol. The molecule has 2 rings (SSSR count). The van der Waals surface area contributed by atoms with E-state index in [4.69, 9.17) is 5.26 Å². The van der Waals surface area contributed by atoms with Crippen LogP contribution in [-0.4, -0.2) is 36.8 Å². The molecule has 1 aromatic carbocycles. The van der Waals surface area contributed by atoms with E-state index in [-0.39, 0.29) is 24.1 Å². The first kappa shape index (κ1) is 17.1. The highest BCUT2D eigenvalue weighted by Gasteiger charge is 2.31. The quantitative estimate of drug-likeness (QED) is 0.923. The molecule has 1 aliphatic heterocycles. The van der Waals surface area contributed by atoms with Crippen molar-refractivity contribution in [2.24, 2.45) is 5.92 Å². The number of hydrogen-bond acceptors (Lipinski definition) is 4. The number of carbonyl (C=O) groups excluding carboxylic acids is 1. The van der Waals surface area contributed by atoms with Crippen LogP contribution in [0, 0.1) is 17.2 Å². The SMILES string of the molecule is N#CC1CCN(CC(=O)Nc2ccc(OC(F)(F)F)cc2)CC1. The minimum absolute atomic E-state index is 0.0514. The molecule has 1 saturated heterocycles. The lowest BCUT2D eigenvalue weighted by Gasteiger charge is -2.28. The van der Waals surface area contributed by atoms with Gasteiger partial charge in [-0.2, -0.15) is 5.26 Å². The van der Waals surface area contributed by atoms with Crippen LogP contribution in [0.4, 0.5) is 18.9 Å². The fraction of sp³-hybridized carbons (Fsp3) is 0.467. The number of carbonyl (C=O) groups is 1. The third-order valence-corrected chi connectivity index (χ3v) is 3.51. The van der Waals surface area contributed by atoms with Crippen molar-refractivity contribution >= 4 is 11.6 Å². The summed E-state index contributed by atoms with van der Waals surface area (Å²) in [5.74, 6) is -0.533. The predicted octanol–water partition coefficient (Wildman–Crippen LogP) is 2.76. The maximum absolute atomic E-state index is 12.0. The van der Waals surface area contributed by atoms with Crippen molar-refractivity contribution < 1.29 is 22.7 Å². The Hall–Kier alpha value is -2.27. The largest absolute Gasteiger partial charge is 0.573 e. The van der Waals surface area contributed by atoms with Gasteiger partial charge in [0.05, 0.1) is 12.6 Å². The van der Waals surface area contributed by atoms with Gasteiger partial charge >= 0.3 is 6.36 Å². The van der Waals surface area contributed by atoms with Crippen LogP contribution >= 0.6 is 0 Å². The summed E-state index contributed by atoms with van der Waals surface area (Å²) in [5.41, 5.74) is 0.399. The fourth-order valence-electron chi connectivity index (χ4n) is 2.36. The first-order chi connectivity index (χ1) is 10.9. The summed E-state index contributed by atoms with van der Waals surface area (Å²) >= 11 is 0. The van der Waals surface area contributed by atoms with E-state index in [1.807, 2.05) is 4.90 Å². The van der Waals surface area contributed by atoms with Gasteiger partial charge in [-0.25, -0.2) is 0 Å². The zero-order chi connectivity index (χ0) is 16.9. The predicted molar refractivity (Wildman–Crippen MR) is 76.5 cm³/mol. The third-order valence-electron chi connectivity index (χ3n) is 3.51. The number of halogens is 3. The molecule has 23 heavy (non-hydrogen) atoms. The molecule has 0 bridgehead atoms. The average Bonchev–Trinajstić information content (AvgIpc) is 2.48. The summed E-state index contributed by atoms with van der Waals surface area (Å²) in [6.45, 7) is 1.56. The third kappa shape index (κ3) is 5.79. The average molecular weight is 327 g/mol. The number of alkyl halides is 3. The van der Waals surface area contributed by atoms with Crippen molar-refractivity contribution in [1.82, 2.24) is 4.90 Å². The van der Waals surface area contributed by atoms with Crippen molar-refractivity contribution in [3.05, 3.63) is 24.3 Å². The molecule has 8 heteroatoms.